The van der Waals surface area contributed by atoms with Crippen LogP contribution in [0.2, 0.25) is 0 Å². The zero-order chi connectivity index (χ0) is 17.9. The Morgan fingerprint density at radius 2 is 1.96 bits per heavy atom. The molecule has 1 atom stereocenters. The van der Waals surface area contributed by atoms with Crippen LogP contribution in [0.4, 0.5) is 0 Å². The maximum absolute atomic E-state index is 13.2. The number of nitrogens with zero attached hydrogens (tertiary/aromatic N) is 3. The summed E-state index contributed by atoms with van der Waals surface area (Å²) in [5.41, 5.74) is 2.00. The Morgan fingerprint density at radius 3 is 2.58 bits per heavy atom. The van der Waals surface area contributed by atoms with Crippen LogP contribution in [-0.2, 0) is 16.6 Å². The quantitative estimate of drug-likeness (QED) is 0.836. The van der Waals surface area contributed by atoms with E-state index in [1.807, 2.05) is 38.4 Å². The second-order valence-electron chi connectivity index (χ2n) is 6.50. The minimum atomic E-state index is -3.55. The second-order valence-corrected chi connectivity index (χ2v) is 8.39. The monoisotopic (exact) mass is 396 g/mol. The molecule has 0 amide bonds. The Balaban J connectivity index is 0.00000243. The van der Waals surface area contributed by atoms with E-state index in [0.717, 1.165) is 17.7 Å². The van der Waals surface area contributed by atoms with Crippen molar-refractivity contribution in [3.63, 3.8) is 0 Å². The van der Waals surface area contributed by atoms with Crippen molar-refractivity contribution in [2.45, 2.75) is 17.5 Å². The van der Waals surface area contributed by atoms with Crippen molar-refractivity contribution in [1.29, 1.82) is 0 Å². The molecule has 1 aliphatic rings. The van der Waals surface area contributed by atoms with Gasteiger partial charge in [-0.1, -0.05) is 18.2 Å². The van der Waals surface area contributed by atoms with Crippen LogP contribution in [0.25, 0.3) is 0 Å². The maximum atomic E-state index is 13.2. The lowest BCUT2D eigenvalue weighted by Gasteiger charge is -2.35. The molecule has 1 aliphatic heterocycles. The minimum Gasteiger partial charge on any atom is -0.313 e. The molecule has 1 fully saturated rings. The number of hydrogen-bond acceptors (Lipinski definition) is 5. The van der Waals surface area contributed by atoms with E-state index in [1.165, 1.54) is 0 Å². The molecule has 2 aromatic rings. The fourth-order valence-electron chi connectivity index (χ4n) is 3.10. The van der Waals surface area contributed by atoms with Gasteiger partial charge in [-0.2, -0.15) is 4.31 Å². The summed E-state index contributed by atoms with van der Waals surface area (Å²) in [6, 6.07) is 10.7. The SMILES string of the molecule is CN(C)Cc1ccc(S(=O)(=O)N2CCNCC2c2cccnc2)cc1.Cl. The van der Waals surface area contributed by atoms with Crippen LogP contribution < -0.4 is 5.32 Å². The van der Waals surface area contributed by atoms with Gasteiger partial charge in [0.2, 0.25) is 10.0 Å². The topological polar surface area (TPSA) is 65.5 Å². The van der Waals surface area contributed by atoms with Crippen LogP contribution in [0.3, 0.4) is 0 Å². The highest BCUT2D eigenvalue weighted by Gasteiger charge is 2.34. The van der Waals surface area contributed by atoms with Crippen molar-refractivity contribution in [3.05, 3.63) is 59.9 Å². The molecule has 0 bridgehead atoms. The number of benzene rings is 1. The number of nitrogens with one attached hydrogen (secondary N) is 1. The molecule has 1 unspecified atom stereocenters. The third kappa shape index (κ3) is 4.61. The largest absolute Gasteiger partial charge is 0.313 e. The molecule has 142 valence electrons. The summed E-state index contributed by atoms with van der Waals surface area (Å²) < 4.78 is 27.9. The summed E-state index contributed by atoms with van der Waals surface area (Å²) in [5, 5.41) is 3.28. The maximum Gasteiger partial charge on any atom is 0.243 e. The summed E-state index contributed by atoms with van der Waals surface area (Å²) >= 11 is 0. The van der Waals surface area contributed by atoms with Gasteiger partial charge in [-0.15, -0.1) is 12.4 Å². The number of aromatic nitrogens is 1. The number of pyridine rings is 1. The standard InChI is InChI=1S/C18H24N4O2S.ClH/c1-21(2)14-15-5-7-17(8-6-15)25(23,24)22-11-10-20-13-18(22)16-4-3-9-19-12-16;/h3-9,12,18,20H,10-11,13-14H2,1-2H3;1H. The second kappa shape index (κ2) is 8.92. The van der Waals surface area contributed by atoms with Crippen molar-refractivity contribution in [1.82, 2.24) is 19.5 Å². The molecule has 0 spiro atoms. The van der Waals surface area contributed by atoms with Gasteiger partial charge in [0.25, 0.3) is 0 Å². The molecule has 0 radical (unpaired) electrons. The predicted octanol–water partition coefficient (Wildman–Crippen LogP) is 1.90. The van der Waals surface area contributed by atoms with Crippen LogP contribution in [0.1, 0.15) is 17.2 Å². The highest BCUT2D eigenvalue weighted by atomic mass is 35.5. The average Bonchev–Trinajstić information content (AvgIpc) is 2.62. The van der Waals surface area contributed by atoms with E-state index >= 15 is 0 Å². The highest BCUT2D eigenvalue weighted by molar-refractivity contribution is 7.89. The van der Waals surface area contributed by atoms with Crippen molar-refractivity contribution < 1.29 is 8.42 Å². The Hall–Kier alpha value is -1.51. The minimum absolute atomic E-state index is 0. The Kier molecular flexibility index (Phi) is 7.14. The number of piperazine rings is 1. The molecule has 1 N–H and O–H groups in total. The lowest BCUT2D eigenvalue weighted by molar-refractivity contribution is 0.271. The molecule has 1 aromatic heterocycles. The van der Waals surface area contributed by atoms with Gasteiger partial charge in [0, 0.05) is 38.6 Å². The summed E-state index contributed by atoms with van der Waals surface area (Å²) in [7, 11) is 0.427. The van der Waals surface area contributed by atoms with E-state index in [-0.39, 0.29) is 18.4 Å². The predicted molar refractivity (Wildman–Crippen MR) is 105 cm³/mol. The van der Waals surface area contributed by atoms with Crippen LogP contribution in [0.15, 0.2) is 53.7 Å². The Bertz CT molecular complexity index is 798. The first-order valence-corrected chi connectivity index (χ1v) is 9.78. The lowest BCUT2D eigenvalue weighted by atomic mass is 10.1. The van der Waals surface area contributed by atoms with Crippen LogP contribution >= 0.6 is 12.4 Å². The first-order chi connectivity index (χ1) is 12.0. The summed E-state index contributed by atoms with van der Waals surface area (Å²) in [6.07, 6.45) is 3.43. The molecule has 0 aliphatic carbocycles. The third-order valence-corrected chi connectivity index (χ3v) is 6.21. The van der Waals surface area contributed by atoms with Crippen molar-refractivity contribution in [3.8, 4) is 0 Å². The molecule has 1 saturated heterocycles. The molecular formula is C18H25ClN4O2S. The van der Waals surface area contributed by atoms with Gasteiger partial charge in [0.05, 0.1) is 10.9 Å². The number of sulfonamides is 1. The van der Waals surface area contributed by atoms with E-state index in [4.69, 9.17) is 0 Å². The first kappa shape index (κ1) is 20.8. The average molecular weight is 397 g/mol. The van der Waals surface area contributed by atoms with Gasteiger partial charge >= 0.3 is 0 Å². The molecule has 2 heterocycles. The van der Waals surface area contributed by atoms with E-state index in [1.54, 1.807) is 28.8 Å². The normalized spacial score (nSPS) is 18.5. The summed E-state index contributed by atoms with van der Waals surface area (Å²) in [4.78, 5) is 6.53. The summed E-state index contributed by atoms with van der Waals surface area (Å²) in [6.45, 7) is 2.46. The lowest BCUT2D eigenvalue weighted by Crippen LogP contribution is -2.48. The van der Waals surface area contributed by atoms with E-state index in [0.29, 0.717) is 24.5 Å². The molecule has 8 heteroatoms. The highest BCUT2D eigenvalue weighted by Crippen LogP contribution is 2.28. The van der Waals surface area contributed by atoms with Crippen molar-refractivity contribution in [2.24, 2.45) is 0 Å². The van der Waals surface area contributed by atoms with Gasteiger partial charge in [0.1, 0.15) is 0 Å². The molecule has 26 heavy (non-hydrogen) atoms. The number of halogens is 1. The van der Waals surface area contributed by atoms with E-state index in [2.05, 4.69) is 15.2 Å². The zero-order valence-corrected chi connectivity index (χ0v) is 16.6. The van der Waals surface area contributed by atoms with E-state index < -0.39 is 10.0 Å². The van der Waals surface area contributed by atoms with Gasteiger partial charge in [-0.05, 0) is 43.4 Å². The van der Waals surface area contributed by atoms with Gasteiger partial charge in [-0.3, -0.25) is 4.98 Å². The Morgan fingerprint density at radius 1 is 1.23 bits per heavy atom. The smallest absolute Gasteiger partial charge is 0.243 e. The van der Waals surface area contributed by atoms with E-state index in [9.17, 15) is 8.42 Å². The van der Waals surface area contributed by atoms with Gasteiger partial charge < -0.3 is 10.2 Å². The van der Waals surface area contributed by atoms with Crippen LogP contribution in [0, 0.1) is 0 Å². The molecule has 3 rings (SSSR count). The first-order valence-electron chi connectivity index (χ1n) is 8.34. The van der Waals surface area contributed by atoms with Gasteiger partial charge in [0.15, 0.2) is 0 Å². The number of rotatable bonds is 5. The fraction of sp³-hybridized carbons (Fsp3) is 0.389. The Labute approximate surface area is 161 Å². The summed E-state index contributed by atoms with van der Waals surface area (Å²) in [5.74, 6) is 0. The molecule has 1 aromatic carbocycles. The number of hydrogen-bond donors (Lipinski definition) is 1. The van der Waals surface area contributed by atoms with Crippen molar-refractivity contribution >= 4 is 22.4 Å². The van der Waals surface area contributed by atoms with Crippen LogP contribution in [0.5, 0.6) is 0 Å². The molecular weight excluding hydrogens is 372 g/mol. The molecule has 6 nitrogen and oxygen atoms in total. The zero-order valence-electron chi connectivity index (χ0n) is 15.0. The fourth-order valence-corrected chi connectivity index (χ4v) is 4.71. The molecule has 0 saturated carbocycles. The van der Waals surface area contributed by atoms with Gasteiger partial charge in [-0.25, -0.2) is 8.42 Å². The third-order valence-electron chi connectivity index (χ3n) is 4.29. The van der Waals surface area contributed by atoms with Crippen molar-refractivity contribution in [2.75, 3.05) is 33.7 Å². The van der Waals surface area contributed by atoms with Crippen LogP contribution in [-0.4, -0.2) is 56.3 Å².